The monoisotopic (exact) mass is 258 g/mol. The zero-order valence-electron chi connectivity index (χ0n) is 10.9. The summed E-state index contributed by atoms with van der Waals surface area (Å²) in [4.78, 5) is 24.7. The Morgan fingerprint density at radius 1 is 1.33 bits per heavy atom. The van der Waals surface area contributed by atoms with Crippen LogP contribution in [-0.2, 0) is 14.3 Å². The maximum Gasteiger partial charge on any atom is 0.223 e. The number of ether oxygens (including phenoxy) is 1. The van der Waals surface area contributed by atoms with E-state index in [1.54, 1.807) is 11.8 Å². The molecule has 0 aromatic carbocycles. The molecule has 104 valence electrons. The Morgan fingerprint density at radius 2 is 2.00 bits per heavy atom. The Labute approximate surface area is 107 Å². The molecule has 6 heteroatoms. The number of piperidine rings is 1. The topological polar surface area (TPSA) is 78.9 Å². The summed E-state index contributed by atoms with van der Waals surface area (Å²) in [7, 11) is 0. The average Bonchev–Trinajstić information content (AvgIpc) is 2.38. The lowest BCUT2D eigenvalue weighted by molar-refractivity contribution is -0.134. The van der Waals surface area contributed by atoms with Gasteiger partial charge < -0.3 is 20.1 Å². The van der Waals surface area contributed by atoms with Crippen molar-refractivity contribution in [3.8, 4) is 0 Å². The summed E-state index contributed by atoms with van der Waals surface area (Å²) >= 11 is 0. The molecule has 0 radical (unpaired) electrons. The lowest BCUT2D eigenvalue weighted by Gasteiger charge is -2.30. The molecule has 1 fully saturated rings. The summed E-state index contributed by atoms with van der Waals surface area (Å²) < 4.78 is 5.05. The van der Waals surface area contributed by atoms with Gasteiger partial charge in [-0.15, -0.1) is 0 Å². The first-order chi connectivity index (χ1) is 8.65. The predicted molar refractivity (Wildman–Crippen MR) is 65.9 cm³/mol. The van der Waals surface area contributed by atoms with Crippen molar-refractivity contribution >= 4 is 11.8 Å². The molecule has 1 rings (SSSR count). The molecular weight excluding hydrogens is 236 g/mol. The molecule has 18 heavy (non-hydrogen) atoms. The fourth-order valence-corrected chi connectivity index (χ4v) is 2.01. The number of amides is 2. The van der Waals surface area contributed by atoms with Crippen molar-refractivity contribution in [2.45, 2.75) is 19.8 Å². The van der Waals surface area contributed by atoms with Crippen LogP contribution in [0.3, 0.4) is 0 Å². The van der Waals surface area contributed by atoms with E-state index in [2.05, 4.69) is 5.32 Å². The summed E-state index contributed by atoms with van der Waals surface area (Å²) in [5, 5.41) is 11.3. The summed E-state index contributed by atoms with van der Waals surface area (Å²) in [6.45, 7) is 4.05. The van der Waals surface area contributed by atoms with Crippen LogP contribution in [-0.4, -0.2) is 61.3 Å². The molecule has 0 aromatic rings. The van der Waals surface area contributed by atoms with Crippen molar-refractivity contribution in [2.75, 3.05) is 39.5 Å². The summed E-state index contributed by atoms with van der Waals surface area (Å²) in [6, 6.07) is 0. The predicted octanol–water partition coefficient (Wildman–Crippen LogP) is -0.630. The largest absolute Gasteiger partial charge is 0.394 e. The van der Waals surface area contributed by atoms with Gasteiger partial charge in [0.2, 0.25) is 11.8 Å². The molecule has 0 saturated carbocycles. The van der Waals surface area contributed by atoms with Crippen LogP contribution in [0.5, 0.6) is 0 Å². The Kier molecular flexibility index (Phi) is 6.67. The van der Waals surface area contributed by atoms with Gasteiger partial charge in [-0.1, -0.05) is 0 Å². The number of nitrogens with one attached hydrogen (secondary N) is 1. The van der Waals surface area contributed by atoms with Gasteiger partial charge in [-0.25, -0.2) is 0 Å². The zero-order valence-corrected chi connectivity index (χ0v) is 10.9. The van der Waals surface area contributed by atoms with Crippen molar-refractivity contribution in [2.24, 2.45) is 5.92 Å². The second-order valence-electron chi connectivity index (χ2n) is 4.41. The summed E-state index contributed by atoms with van der Waals surface area (Å²) in [5.74, 6) is 0.107. The second-order valence-corrected chi connectivity index (χ2v) is 4.41. The van der Waals surface area contributed by atoms with Gasteiger partial charge in [-0.05, 0) is 12.8 Å². The fourth-order valence-electron chi connectivity index (χ4n) is 2.01. The van der Waals surface area contributed by atoms with Crippen LogP contribution >= 0.6 is 0 Å². The molecule has 2 amide bonds. The first kappa shape index (κ1) is 14.9. The van der Waals surface area contributed by atoms with Crippen LogP contribution in [0, 0.1) is 5.92 Å². The van der Waals surface area contributed by atoms with Crippen LogP contribution in [0.15, 0.2) is 0 Å². The van der Waals surface area contributed by atoms with E-state index in [-0.39, 0.29) is 24.3 Å². The number of carbonyl (C=O) groups is 2. The first-order valence-corrected chi connectivity index (χ1v) is 6.37. The summed E-state index contributed by atoms with van der Waals surface area (Å²) in [5.41, 5.74) is 0. The highest BCUT2D eigenvalue weighted by atomic mass is 16.5. The molecule has 1 aliphatic heterocycles. The van der Waals surface area contributed by atoms with Gasteiger partial charge >= 0.3 is 0 Å². The molecule has 0 spiro atoms. The van der Waals surface area contributed by atoms with Gasteiger partial charge in [0.15, 0.2) is 0 Å². The Bertz CT molecular complexity index is 275. The van der Waals surface area contributed by atoms with Crippen LogP contribution in [0.2, 0.25) is 0 Å². The van der Waals surface area contributed by atoms with Gasteiger partial charge in [0, 0.05) is 32.5 Å². The van der Waals surface area contributed by atoms with E-state index < -0.39 is 0 Å². The van der Waals surface area contributed by atoms with Crippen LogP contribution < -0.4 is 5.32 Å². The Balaban J connectivity index is 2.14. The third-order valence-corrected chi connectivity index (χ3v) is 3.09. The minimum absolute atomic E-state index is 0.00144. The van der Waals surface area contributed by atoms with Gasteiger partial charge in [0.05, 0.1) is 19.8 Å². The standard InChI is InChI=1S/C12H22N2O4/c1-10(16)14-5-2-11(3-6-14)12(17)13-4-8-18-9-7-15/h11,15H,2-9H2,1H3,(H,13,17). The molecule has 2 N–H and O–H groups in total. The highest BCUT2D eigenvalue weighted by molar-refractivity contribution is 5.79. The molecule has 0 unspecified atom stereocenters. The third kappa shape index (κ3) is 5.01. The lowest BCUT2D eigenvalue weighted by Crippen LogP contribution is -2.42. The normalized spacial score (nSPS) is 16.7. The quantitative estimate of drug-likeness (QED) is 0.622. The number of hydrogen-bond donors (Lipinski definition) is 2. The van der Waals surface area contributed by atoms with Crippen LogP contribution in [0.25, 0.3) is 0 Å². The zero-order chi connectivity index (χ0) is 13.4. The Hall–Kier alpha value is -1.14. The number of aliphatic hydroxyl groups excluding tert-OH is 1. The number of rotatable bonds is 6. The van der Waals surface area contributed by atoms with Gasteiger partial charge in [0.25, 0.3) is 0 Å². The highest BCUT2D eigenvalue weighted by Gasteiger charge is 2.25. The SMILES string of the molecule is CC(=O)N1CCC(C(=O)NCCOCCO)CC1. The molecular formula is C12H22N2O4. The number of likely N-dealkylation sites (tertiary alicyclic amines) is 1. The Morgan fingerprint density at radius 3 is 2.56 bits per heavy atom. The van der Waals surface area contributed by atoms with E-state index in [0.717, 1.165) is 12.8 Å². The van der Waals surface area contributed by atoms with Gasteiger partial charge in [-0.2, -0.15) is 0 Å². The second kappa shape index (κ2) is 8.05. The average molecular weight is 258 g/mol. The lowest BCUT2D eigenvalue weighted by atomic mass is 9.96. The molecule has 1 heterocycles. The molecule has 6 nitrogen and oxygen atoms in total. The minimum Gasteiger partial charge on any atom is -0.394 e. The van der Waals surface area contributed by atoms with E-state index in [4.69, 9.17) is 9.84 Å². The third-order valence-electron chi connectivity index (χ3n) is 3.09. The molecule has 0 aromatic heterocycles. The number of nitrogens with zero attached hydrogens (tertiary/aromatic N) is 1. The first-order valence-electron chi connectivity index (χ1n) is 6.37. The van der Waals surface area contributed by atoms with E-state index >= 15 is 0 Å². The maximum absolute atomic E-state index is 11.8. The van der Waals surface area contributed by atoms with E-state index in [1.165, 1.54) is 0 Å². The molecule has 0 bridgehead atoms. The van der Waals surface area contributed by atoms with Gasteiger partial charge in [0.1, 0.15) is 0 Å². The van der Waals surface area contributed by atoms with Crippen molar-refractivity contribution in [3.05, 3.63) is 0 Å². The minimum atomic E-state index is -0.00253. The smallest absolute Gasteiger partial charge is 0.223 e. The maximum atomic E-state index is 11.8. The van der Waals surface area contributed by atoms with Crippen LogP contribution in [0.4, 0.5) is 0 Å². The highest BCUT2D eigenvalue weighted by Crippen LogP contribution is 2.17. The van der Waals surface area contributed by atoms with E-state index in [1.807, 2.05) is 0 Å². The molecule has 0 atom stereocenters. The molecule has 1 saturated heterocycles. The number of hydrogen-bond acceptors (Lipinski definition) is 4. The fraction of sp³-hybridized carbons (Fsp3) is 0.833. The number of aliphatic hydroxyl groups is 1. The van der Waals surface area contributed by atoms with Crippen molar-refractivity contribution in [3.63, 3.8) is 0 Å². The molecule has 0 aliphatic carbocycles. The van der Waals surface area contributed by atoms with Crippen molar-refractivity contribution < 1.29 is 19.4 Å². The van der Waals surface area contributed by atoms with Crippen molar-refractivity contribution in [1.29, 1.82) is 0 Å². The molecule has 1 aliphatic rings. The number of carbonyl (C=O) groups excluding carboxylic acids is 2. The van der Waals surface area contributed by atoms with Crippen LogP contribution in [0.1, 0.15) is 19.8 Å². The van der Waals surface area contributed by atoms with Gasteiger partial charge in [-0.3, -0.25) is 9.59 Å². The van der Waals surface area contributed by atoms with Crippen molar-refractivity contribution in [1.82, 2.24) is 10.2 Å². The van der Waals surface area contributed by atoms with E-state index in [0.29, 0.717) is 32.8 Å². The van der Waals surface area contributed by atoms with E-state index in [9.17, 15) is 9.59 Å². The summed E-state index contributed by atoms with van der Waals surface area (Å²) in [6.07, 6.45) is 1.45.